The Kier molecular flexibility index (Phi) is 3.68. The van der Waals surface area contributed by atoms with Crippen LogP contribution >= 0.6 is 0 Å². The van der Waals surface area contributed by atoms with Gasteiger partial charge < -0.3 is 5.11 Å². The topological polar surface area (TPSA) is 54.4 Å². The third kappa shape index (κ3) is 3.00. The molecule has 0 aliphatic carbocycles. The lowest BCUT2D eigenvalue weighted by Crippen LogP contribution is -1.97. The molecule has 0 heterocycles. The fraction of sp³-hybridized carbons (Fsp3) is 0.143. The molecule has 2 aromatic rings. The van der Waals surface area contributed by atoms with Gasteiger partial charge in [-0.3, -0.25) is 0 Å². The zero-order valence-corrected chi connectivity index (χ0v) is 11.1. The molecule has 0 saturated heterocycles. The molecule has 0 unspecified atom stereocenters. The second-order valence-electron chi connectivity index (χ2n) is 4.27. The monoisotopic (exact) mass is 280 g/mol. The van der Waals surface area contributed by atoms with Crippen LogP contribution in [0.4, 0.5) is 4.39 Å². The maximum absolute atomic E-state index is 13.8. The summed E-state index contributed by atoms with van der Waals surface area (Å²) in [6.07, 6.45) is 1.10. The molecule has 19 heavy (non-hydrogen) atoms. The van der Waals surface area contributed by atoms with E-state index < -0.39 is 15.7 Å². The summed E-state index contributed by atoms with van der Waals surface area (Å²) in [5, 5.41) is 9.07. The van der Waals surface area contributed by atoms with Crippen LogP contribution in [0.25, 0.3) is 11.1 Å². The number of rotatable bonds is 3. The van der Waals surface area contributed by atoms with Crippen molar-refractivity contribution in [2.45, 2.75) is 11.5 Å². The quantitative estimate of drug-likeness (QED) is 0.939. The summed E-state index contributed by atoms with van der Waals surface area (Å²) in [5.41, 5.74) is 1.31. The first kappa shape index (κ1) is 13.7. The Hall–Kier alpha value is -1.72. The highest BCUT2D eigenvalue weighted by Crippen LogP contribution is 2.26. The molecule has 0 aliphatic rings. The van der Waals surface area contributed by atoms with E-state index in [1.807, 2.05) is 0 Å². The van der Waals surface area contributed by atoms with Crippen molar-refractivity contribution in [3.8, 4) is 11.1 Å². The predicted octanol–water partition coefficient (Wildman–Crippen LogP) is 2.39. The van der Waals surface area contributed by atoms with Gasteiger partial charge in [0.05, 0.1) is 11.5 Å². The van der Waals surface area contributed by atoms with Crippen molar-refractivity contribution in [3.05, 3.63) is 53.8 Å². The Balaban J connectivity index is 2.59. The molecule has 1 N–H and O–H groups in total. The SMILES string of the molecule is CS(=O)(=O)c1cccc(-c2cc(CO)ccc2F)c1. The highest BCUT2D eigenvalue weighted by atomic mass is 32.2. The van der Waals surface area contributed by atoms with Crippen LogP contribution < -0.4 is 0 Å². The molecule has 0 radical (unpaired) electrons. The van der Waals surface area contributed by atoms with Crippen LogP contribution in [-0.2, 0) is 16.4 Å². The van der Waals surface area contributed by atoms with E-state index in [4.69, 9.17) is 5.11 Å². The normalized spacial score (nSPS) is 11.5. The molecule has 2 aromatic carbocycles. The van der Waals surface area contributed by atoms with E-state index in [-0.39, 0.29) is 17.1 Å². The van der Waals surface area contributed by atoms with E-state index in [9.17, 15) is 12.8 Å². The van der Waals surface area contributed by atoms with Crippen molar-refractivity contribution in [1.82, 2.24) is 0 Å². The molecular formula is C14H13FO3S. The molecule has 2 rings (SSSR count). The van der Waals surface area contributed by atoms with Gasteiger partial charge in [-0.25, -0.2) is 12.8 Å². The molecule has 100 valence electrons. The molecule has 5 heteroatoms. The smallest absolute Gasteiger partial charge is 0.175 e. The van der Waals surface area contributed by atoms with Crippen molar-refractivity contribution in [2.75, 3.05) is 6.26 Å². The van der Waals surface area contributed by atoms with Gasteiger partial charge in [0.25, 0.3) is 0 Å². The second kappa shape index (κ2) is 5.11. The Morgan fingerprint density at radius 3 is 2.53 bits per heavy atom. The van der Waals surface area contributed by atoms with Crippen LogP contribution in [0, 0.1) is 5.82 Å². The third-order valence-corrected chi connectivity index (χ3v) is 3.90. The standard InChI is InChI=1S/C14H13FO3S/c1-19(17,18)12-4-2-3-11(8-12)13-7-10(9-16)5-6-14(13)15/h2-8,16H,9H2,1H3. The first-order valence-electron chi connectivity index (χ1n) is 5.61. The van der Waals surface area contributed by atoms with E-state index >= 15 is 0 Å². The maximum Gasteiger partial charge on any atom is 0.175 e. The molecule has 0 saturated carbocycles. The van der Waals surface area contributed by atoms with Gasteiger partial charge in [0.15, 0.2) is 9.84 Å². The minimum atomic E-state index is -3.33. The summed E-state index contributed by atoms with van der Waals surface area (Å²) in [7, 11) is -3.33. The summed E-state index contributed by atoms with van der Waals surface area (Å²) in [4.78, 5) is 0.138. The Bertz CT molecular complexity index is 708. The first-order chi connectivity index (χ1) is 8.91. The highest BCUT2D eigenvalue weighted by Gasteiger charge is 2.11. The summed E-state index contributed by atoms with van der Waals surface area (Å²) in [6.45, 7) is -0.195. The van der Waals surface area contributed by atoms with Gasteiger partial charge in [-0.1, -0.05) is 18.2 Å². The molecule has 0 aliphatic heterocycles. The number of hydrogen-bond donors (Lipinski definition) is 1. The van der Waals surface area contributed by atoms with Gasteiger partial charge in [-0.05, 0) is 35.4 Å². The molecule has 0 spiro atoms. The molecule has 0 fully saturated rings. The molecule has 0 amide bonds. The lowest BCUT2D eigenvalue weighted by Gasteiger charge is -2.07. The van der Waals surface area contributed by atoms with Gasteiger partial charge in [-0.15, -0.1) is 0 Å². The summed E-state index contributed by atoms with van der Waals surface area (Å²) >= 11 is 0. The van der Waals surface area contributed by atoms with Crippen LogP contribution in [0.1, 0.15) is 5.56 Å². The minimum Gasteiger partial charge on any atom is -0.392 e. The third-order valence-electron chi connectivity index (χ3n) is 2.79. The number of hydrogen-bond acceptors (Lipinski definition) is 3. The number of sulfone groups is 1. The molecular weight excluding hydrogens is 267 g/mol. The van der Waals surface area contributed by atoms with Crippen LogP contribution in [0.5, 0.6) is 0 Å². The number of halogens is 1. The summed E-state index contributed by atoms with van der Waals surface area (Å²) < 4.78 is 36.8. The van der Waals surface area contributed by atoms with Gasteiger partial charge in [-0.2, -0.15) is 0 Å². The van der Waals surface area contributed by atoms with Crippen LogP contribution in [0.3, 0.4) is 0 Å². The van der Waals surface area contributed by atoms with Crippen molar-refractivity contribution in [3.63, 3.8) is 0 Å². The first-order valence-corrected chi connectivity index (χ1v) is 7.51. The average molecular weight is 280 g/mol. The van der Waals surface area contributed by atoms with E-state index in [2.05, 4.69) is 0 Å². The highest BCUT2D eigenvalue weighted by molar-refractivity contribution is 7.90. The number of benzene rings is 2. The molecule has 3 nitrogen and oxygen atoms in total. The molecule has 0 aromatic heterocycles. The fourth-order valence-corrected chi connectivity index (χ4v) is 2.45. The van der Waals surface area contributed by atoms with Crippen molar-refractivity contribution >= 4 is 9.84 Å². The van der Waals surface area contributed by atoms with Crippen molar-refractivity contribution in [2.24, 2.45) is 0 Å². The zero-order chi connectivity index (χ0) is 14.0. The average Bonchev–Trinajstić information content (AvgIpc) is 2.38. The summed E-state index contributed by atoms with van der Waals surface area (Å²) in [6, 6.07) is 10.3. The predicted molar refractivity (Wildman–Crippen MR) is 70.9 cm³/mol. The van der Waals surface area contributed by atoms with E-state index in [0.29, 0.717) is 11.1 Å². The van der Waals surface area contributed by atoms with Gasteiger partial charge >= 0.3 is 0 Å². The van der Waals surface area contributed by atoms with Crippen LogP contribution in [0.15, 0.2) is 47.4 Å². The maximum atomic E-state index is 13.8. The van der Waals surface area contributed by atoms with Gasteiger partial charge in [0.2, 0.25) is 0 Å². The van der Waals surface area contributed by atoms with Gasteiger partial charge in [0.1, 0.15) is 5.82 Å². The lowest BCUT2D eigenvalue weighted by atomic mass is 10.0. The Morgan fingerprint density at radius 2 is 1.89 bits per heavy atom. The summed E-state index contributed by atoms with van der Waals surface area (Å²) in [5.74, 6) is -0.456. The van der Waals surface area contributed by atoms with Crippen molar-refractivity contribution < 1.29 is 17.9 Å². The largest absolute Gasteiger partial charge is 0.392 e. The Labute approximate surface area is 111 Å². The van der Waals surface area contributed by atoms with Crippen LogP contribution in [0.2, 0.25) is 0 Å². The van der Waals surface area contributed by atoms with Crippen molar-refractivity contribution in [1.29, 1.82) is 0 Å². The van der Waals surface area contributed by atoms with Crippen LogP contribution in [-0.4, -0.2) is 19.8 Å². The minimum absolute atomic E-state index is 0.138. The van der Waals surface area contributed by atoms with E-state index in [1.165, 1.54) is 30.3 Å². The fourth-order valence-electron chi connectivity index (χ4n) is 1.79. The lowest BCUT2D eigenvalue weighted by molar-refractivity contribution is 0.282. The van der Waals surface area contributed by atoms with E-state index in [0.717, 1.165) is 6.26 Å². The van der Waals surface area contributed by atoms with Gasteiger partial charge in [0, 0.05) is 11.8 Å². The second-order valence-corrected chi connectivity index (χ2v) is 6.29. The van der Waals surface area contributed by atoms with E-state index in [1.54, 1.807) is 12.1 Å². The molecule has 0 bridgehead atoms. The zero-order valence-electron chi connectivity index (χ0n) is 10.3. The Morgan fingerprint density at radius 1 is 1.16 bits per heavy atom. The molecule has 0 atom stereocenters. The number of aliphatic hydroxyl groups is 1. The number of aliphatic hydroxyl groups excluding tert-OH is 1.